The molecule has 0 fully saturated rings. The molecule has 0 radical (unpaired) electrons. The number of cyclic esters (lactones) is 1. The molecule has 0 aliphatic carbocycles. The lowest BCUT2D eigenvalue weighted by atomic mass is 10.6. The Morgan fingerprint density at radius 2 is 2.27 bits per heavy atom. The lowest BCUT2D eigenvalue weighted by Crippen LogP contribution is -2.22. The van der Waals surface area contributed by atoms with Crippen molar-refractivity contribution in [3.63, 3.8) is 0 Å². The number of sulfone groups is 1. The summed E-state index contributed by atoms with van der Waals surface area (Å²) >= 11 is 0. The molecule has 0 aromatic rings. The van der Waals surface area contributed by atoms with Crippen molar-refractivity contribution >= 4 is 15.8 Å². The predicted octanol–water partition coefficient (Wildman–Crippen LogP) is -0.140. The van der Waals surface area contributed by atoms with Crippen LogP contribution in [-0.4, -0.2) is 25.6 Å². The molecule has 4 nitrogen and oxygen atoms in total. The minimum atomic E-state index is -3.26. The van der Waals surface area contributed by atoms with Crippen molar-refractivity contribution in [2.75, 3.05) is 5.75 Å². The third kappa shape index (κ3) is 1.59. The van der Waals surface area contributed by atoms with Crippen molar-refractivity contribution in [1.29, 1.82) is 0 Å². The van der Waals surface area contributed by atoms with Gasteiger partial charge in [-0.25, -0.2) is 13.2 Å². The number of carbonyl (C=O) groups excluding carboxylic acids is 1. The maximum absolute atomic E-state index is 11.0. The molecule has 0 N–H and O–H groups in total. The van der Waals surface area contributed by atoms with Crippen LogP contribution in [0.3, 0.4) is 0 Å². The van der Waals surface area contributed by atoms with Gasteiger partial charge < -0.3 is 4.74 Å². The zero-order valence-corrected chi connectivity index (χ0v) is 6.80. The monoisotopic (exact) mass is 176 g/mol. The summed E-state index contributed by atoms with van der Waals surface area (Å²) < 4.78 is 26.5. The second kappa shape index (κ2) is 2.65. The largest absolute Gasteiger partial charge is 0.438 e. The number of hydrogen-bond donors (Lipinski definition) is 0. The molecule has 0 spiro atoms. The van der Waals surface area contributed by atoms with Crippen molar-refractivity contribution in [3.8, 4) is 0 Å². The van der Waals surface area contributed by atoms with Gasteiger partial charge in [0.05, 0.1) is 5.75 Å². The molecular formula is C6H8O4S. The van der Waals surface area contributed by atoms with Crippen LogP contribution in [0.5, 0.6) is 0 Å². The van der Waals surface area contributed by atoms with Gasteiger partial charge in [-0.1, -0.05) is 6.92 Å². The van der Waals surface area contributed by atoms with E-state index < -0.39 is 21.2 Å². The summed E-state index contributed by atoms with van der Waals surface area (Å²) in [6, 6.07) is 0. The average Bonchev–Trinajstić information content (AvgIpc) is 2.36. The second-order valence-electron chi connectivity index (χ2n) is 2.12. The highest BCUT2D eigenvalue weighted by atomic mass is 32.2. The molecule has 5 heteroatoms. The van der Waals surface area contributed by atoms with Crippen LogP contribution in [0.2, 0.25) is 0 Å². The van der Waals surface area contributed by atoms with Crippen LogP contribution in [0.25, 0.3) is 0 Å². The highest BCUT2D eigenvalue weighted by molar-refractivity contribution is 7.92. The Labute approximate surface area is 64.8 Å². The fourth-order valence-electron chi connectivity index (χ4n) is 0.707. The van der Waals surface area contributed by atoms with Crippen LogP contribution in [0.15, 0.2) is 12.2 Å². The highest BCUT2D eigenvalue weighted by Gasteiger charge is 2.28. The van der Waals surface area contributed by atoms with Crippen molar-refractivity contribution in [3.05, 3.63) is 12.2 Å². The standard InChI is InChI=1S/C6H8O4S/c1-2-11(8,9)6-4-3-5(7)10-6/h3-4,6H,2H2,1H3. The molecule has 1 atom stereocenters. The van der Waals surface area contributed by atoms with Crippen LogP contribution >= 0.6 is 0 Å². The molecule has 0 aromatic carbocycles. The SMILES string of the molecule is CCS(=O)(=O)C1C=CC(=O)O1. The van der Waals surface area contributed by atoms with E-state index in [9.17, 15) is 13.2 Å². The van der Waals surface area contributed by atoms with Crippen LogP contribution < -0.4 is 0 Å². The molecule has 1 unspecified atom stereocenters. The van der Waals surface area contributed by atoms with E-state index >= 15 is 0 Å². The first-order valence-electron chi connectivity index (χ1n) is 3.16. The van der Waals surface area contributed by atoms with Gasteiger partial charge in [0.2, 0.25) is 5.44 Å². The average molecular weight is 176 g/mol. The van der Waals surface area contributed by atoms with E-state index in [1.165, 1.54) is 13.0 Å². The maximum atomic E-state index is 11.0. The summed E-state index contributed by atoms with van der Waals surface area (Å²) in [5.41, 5.74) is -1.06. The molecule has 0 saturated heterocycles. The van der Waals surface area contributed by atoms with E-state index in [1.54, 1.807) is 0 Å². The van der Waals surface area contributed by atoms with Crippen LogP contribution in [0.4, 0.5) is 0 Å². The van der Waals surface area contributed by atoms with E-state index in [0.717, 1.165) is 6.08 Å². The summed E-state index contributed by atoms with van der Waals surface area (Å²) in [6.45, 7) is 1.51. The van der Waals surface area contributed by atoms with Crippen LogP contribution in [0, 0.1) is 0 Å². The Morgan fingerprint density at radius 1 is 1.64 bits per heavy atom. The van der Waals surface area contributed by atoms with E-state index in [2.05, 4.69) is 4.74 Å². The van der Waals surface area contributed by atoms with E-state index in [4.69, 9.17) is 0 Å². The Kier molecular flexibility index (Phi) is 1.99. The molecule has 62 valence electrons. The summed E-state index contributed by atoms with van der Waals surface area (Å²) in [4.78, 5) is 10.4. The first-order valence-corrected chi connectivity index (χ1v) is 4.88. The van der Waals surface area contributed by atoms with E-state index in [-0.39, 0.29) is 5.75 Å². The van der Waals surface area contributed by atoms with E-state index in [0.29, 0.717) is 0 Å². The molecule has 0 aromatic heterocycles. The number of rotatable bonds is 2. The number of esters is 1. The Hall–Kier alpha value is -0.840. The maximum Gasteiger partial charge on any atom is 0.332 e. The molecule has 1 rings (SSSR count). The van der Waals surface area contributed by atoms with Crippen molar-refractivity contribution in [2.45, 2.75) is 12.4 Å². The lowest BCUT2D eigenvalue weighted by molar-refractivity contribution is -0.136. The quantitative estimate of drug-likeness (QED) is 0.549. The number of ether oxygens (including phenoxy) is 1. The fraction of sp³-hybridized carbons (Fsp3) is 0.500. The van der Waals surface area contributed by atoms with Gasteiger partial charge in [-0.15, -0.1) is 0 Å². The smallest absolute Gasteiger partial charge is 0.332 e. The van der Waals surface area contributed by atoms with Crippen molar-refractivity contribution < 1.29 is 17.9 Å². The first-order chi connectivity index (χ1) is 5.06. The fourth-order valence-corrected chi connectivity index (χ4v) is 1.60. The third-order valence-electron chi connectivity index (χ3n) is 1.38. The topological polar surface area (TPSA) is 60.4 Å². The zero-order valence-electron chi connectivity index (χ0n) is 5.98. The molecule has 1 heterocycles. The van der Waals surface area contributed by atoms with Crippen LogP contribution in [-0.2, 0) is 19.4 Å². The molecule has 0 amide bonds. The first kappa shape index (κ1) is 8.26. The van der Waals surface area contributed by atoms with Gasteiger partial charge in [0, 0.05) is 6.08 Å². The van der Waals surface area contributed by atoms with Gasteiger partial charge in [0.1, 0.15) is 0 Å². The van der Waals surface area contributed by atoms with Gasteiger partial charge >= 0.3 is 5.97 Å². The van der Waals surface area contributed by atoms with Gasteiger partial charge in [-0.2, -0.15) is 0 Å². The summed E-state index contributed by atoms with van der Waals surface area (Å²) in [5, 5.41) is 0. The van der Waals surface area contributed by atoms with Crippen molar-refractivity contribution in [2.24, 2.45) is 0 Å². The molecule has 1 aliphatic rings. The van der Waals surface area contributed by atoms with Gasteiger partial charge in [-0.3, -0.25) is 0 Å². The minimum absolute atomic E-state index is 0.0186. The third-order valence-corrected chi connectivity index (χ3v) is 3.14. The minimum Gasteiger partial charge on any atom is -0.438 e. The van der Waals surface area contributed by atoms with E-state index in [1.807, 2.05) is 0 Å². The lowest BCUT2D eigenvalue weighted by Gasteiger charge is -2.06. The second-order valence-corrected chi connectivity index (χ2v) is 4.48. The molecule has 11 heavy (non-hydrogen) atoms. The molecule has 0 saturated carbocycles. The predicted molar refractivity (Wildman–Crippen MR) is 38.5 cm³/mol. The van der Waals surface area contributed by atoms with Gasteiger partial charge in [-0.05, 0) is 6.08 Å². The zero-order chi connectivity index (χ0) is 8.48. The summed E-state index contributed by atoms with van der Waals surface area (Å²) in [6.07, 6.45) is 2.37. The van der Waals surface area contributed by atoms with Gasteiger partial charge in [0.25, 0.3) is 0 Å². The van der Waals surface area contributed by atoms with Gasteiger partial charge in [0.15, 0.2) is 9.84 Å². The molecule has 1 aliphatic heterocycles. The highest BCUT2D eigenvalue weighted by Crippen LogP contribution is 2.12. The van der Waals surface area contributed by atoms with Crippen molar-refractivity contribution in [1.82, 2.24) is 0 Å². The molecular weight excluding hydrogens is 168 g/mol. The summed E-state index contributed by atoms with van der Waals surface area (Å²) in [7, 11) is -3.26. The normalized spacial score (nSPS) is 23.7. The number of hydrogen-bond acceptors (Lipinski definition) is 4. The Morgan fingerprint density at radius 3 is 2.64 bits per heavy atom. The summed E-state index contributed by atoms with van der Waals surface area (Å²) in [5.74, 6) is -0.609. The molecule has 0 bridgehead atoms. The number of carbonyl (C=O) groups is 1. The van der Waals surface area contributed by atoms with Crippen LogP contribution in [0.1, 0.15) is 6.92 Å². The Bertz CT molecular complexity index is 288. The Balaban J connectivity index is 2.81.